The Bertz CT molecular complexity index is 643. The highest BCUT2D eigenvalue weighted by atomic mass is 32.2. The molecule has 1 atom stereocenters. The Hall–Kier alpha value is -1.01. The van der Waals surface area contributed by atoms with Gasteiger partial charge < -0.3 is 14.3 Å². The lowest BCUT2D eigenvalue weighted by Gasteiger charge is -2.12. The summed E-state index contributed by atoms with van der Waals surface area (Å²) in [4.78, 5) is 3.07. The van der Waals surface area contributed by atoms with Crippen molar-refractivity contribution < 1.29 is 9.13 Å². The molecule has 2 heterocycles. The number of rotatable bonds is 2. The second-order valence-electron chi connectivity index (χ2n) is 4.32. The number of thioether (sulfide) groups is 1. The molecule has 1 unspecified atom stereocenters. The molecule has 1 aliphatic heterocycles. The molecule has 1 fully saturated rings. The maximum Gasteiger partial charge on any atom is 0.178 e. The fourth-order valence-corrected chi connectivity index (χ4v) is 3.92. The van der Waals surface area contributed by atoms with Crippen LogP contribution in [0, 0.1) is 10.6 Å². The molecule has 0 amide bonds. The third kappa shape index (κ3) is 1.83. The number of hydrogen-bond donors (Lipinski definition) is 1. The molecule has 0 saturated carbocycles. The molecule has 0 aliphatic carbocycles. The second kappa shape index (κ2) is 4.59. The number of H-pyrrole nitrogens is 1. The number of nitrogens with one attached hydrogen (secondary N) is 1. The SMILES string of the molecule is COc1cc2c(cc1F)[nH]c(=S)n2C1CCSC1. The van der Waals surface area contributed by atoms with Crippen LogP contribution in [0.15, 0.2) is 12.1 Å². The molecule has 3 nitrogen and oxygen atoms in total. The van der Waals surface area contributed by atoms with Crippen LogP contribution < -0.4 is 4.74 Å². The summed E-state index contributed by atoms with van der Waals surface area (Å²) < 4.78 is 21.4. The van der Waals surface area contributed by atoms with Gasteiger partial charge in [0.25, 0.3) is 0 Å². The van der Waals surface area contributed by atoms with E-state index in [1.165, 1.54) is 13.2 Å². The van der Waals surface area contributed by atoms with E-state index in [-0.39, 0.29) is 11.6 Å². The maximum atomic E-state index is 13.6. The molecule has 6 heteroatoms. The second-order valence-corrected chi connectivity index (χ2v) is 5.86. The van der Waals surface area contributed by atoms with Crippen molar-refractivity contribution in [1.82, 2.24) is 9.55 Å². The normalized spacial score (nSPS) is 19.6. The highest BCUT2D eigenvalue weighted by Crippen LogP contribution is 2.33. The molecule has 2 aromatic rings. The van der Waals surface area contributed by atoms with E-state index in [2.05, 4.69) is 9.55 Å². The number of hydrogen-bond acceptors (Lipinski definition) is 3. The summed E-state index contributed by atoms with van der Waals surface area (Å²) >= 11 is 7.27. The summed E-state index contributed by atoms with van der Waals surface area (Å²) in [6.07, 6.45) is 1.10. The number of methoxy groups -OCH3 is 1. The van der Waals surface area contributed by atoms with Crippen molar-refractivity contribution in [3.63, 3.8) is 0 Å². The number of ether oxygens (including phenoxy) is 1. The standard InChI is InChI=1S/C12H13FN2OS2/c1-16-11-5-10-9(4-8(11)13)14-12(17)15(10)7-2-3-18-6-7/h4-5,7H,2-3,6H2,1H3,(H,14,17). The van der Waals surface area contributed by atoms with Gasteiger partial charge in [0.2, 0.25) is 0 Å². The quantitative estimate of drug-likeness (QED) is 0.856. The topological polar surface area (TPSA) is 29.9 Å². The smallest absolute Gasteiger partial charge is 0.178 e. The molecule has 3 rings (SSSR count). The monoisotopic (exact) mass is 284 g/mol. The zero-order chi connectivity index (χ0) is 12.7. The molecular weight excluding hydrogens is 271 g/mol. The Kier molecular flexibility index (Phi) is 3.07. The van der Waals surface area contributed by atoms with Crippen LogP contribution >= 0.6 is 24.0 Å². The predicted molar refractivity (Wildman–Crippen MR) is 74.6 cm³/mol. The van der Waals surface area contributed by atoms with Gasteiger partial charge in [-0.2, -0.15) is 11.8 Å². The minimum atomic E-state index is -0.366. The molecule has 0 bridgehead atoms. The van der Waals surface area contributed by atoms with Gasteiger partial charge in [-0.25, -0.2) is 4.39 Å². The summed E-state index contributed by atoms with van der Waals surface area (Å²) in [5.74, 6) is 2.10. The molecule has 0 radical (unpaired) electrons. The van der Waals surface area contributed by atoms with E-state index in [1.807, 2.05) is 11.8 Å². The number of benzene rings is 1. The minimum Gasteiger partial charge on any atom is -0.494 e. The number of aromatic nitrogens is 2. The number of fused-ring (bicyclic) bond motifs is 1. The third-order valence-corrected chi connectivity index (χ3v) is 4.70. The molecule has 0 spiro atoms. The fraction of sp³-hybridized carbons (Fsp3) is 0.417. The summed E-state index contributed by atoms with van der Waals surface area (Å²) in [5.41, 5.74) is 1.65. The third-order valence-electron chi connectivity index (χ3n) is 3.26. The van der Waals surface area contributed by atoms with E-state index in [1.54, 1.807) is 6.07 Å². The van der Waals surface area contributed by atoms with E-state index in [0.29, 0.717) is 10.8 Å². The van der Waals surface area contributed by atoms with Gasteiger partial charge in [-0.05, 0) is 24.4 Å². The summed E-state index contributed by atoms with van der Waals surface area (Å²) in [5, 5.41) is 0. The van der Waals surface area contributed by atoms with Gasteiger partial charge in [0.05, 0.1) is 18.1 Å². The first kappa shape index (κ1) is 12.0. The van der Waals surface area contributed by atoms with E-state index < -0.39 is 0 Å². The molecule has 1 aliphatic rings. The van der Waals surface area contributed by atoms with Crippen molar-refractivity contribution in [3.8, 4) is 5.75 Å². The average molecular weight is 284 g/mol. The van der Waals surface area contributed by atoms with Crippen molar-refractivity contribution in [3.05, 3.63) is 22.7 Å². The first-order valence-corrected chi connectivity index (χ1v) is 7.32. The van der Waals surface area contributed by atoms with E-state index >= 15 is 0 Å². The Morgan fingerprint density at radius 2 is 2.39 bits per heavy atom. The van der Waals surface area contributed by atoms with Crippen molar-refractivity contribution in [1.29, 1.82) is 0 Å². The zero-order valence-corrected chi connectivity index (χ0v) is 11.5. The largest absolute Gasteiger partial charge is 0.494 e. The maximum absolute atomic E-state index is 13.6. The number of imidazole rings is 1. The minimum absolute atomic E-state index is 0.260. The Morgan fingerprint density at radius 3 is 3.06 bits per heavy atom. The van der Waals surface area contributed by atoms with E-state index in [4.69, 9.17) is 17.0 Å². The lowest BCUT2D eigenvalue weighted by atomic mass is 10.2. The van der Waals surface area contributed by atoms with Gasteiger partial charge in [0.1, 0.15) is 0 Å². The number of nitrogens with zero attached hydrogens (tertiary/aromatic N) is 1. The summed E-state index contributed by atoms with van der Waals surface area (Å²) in [6.45, 7) is 0. The molecule has 1 N–H and O–H groups in total. The van der Waals surface area contributed by atoms with E-state index in [0.717, 1.165) is 29.0 Å². The van der Waals surface area contributed by atoms with E-state index in [9.17, 15) is 4.39 Å². The van der Waals surface area contributed by atoms with Gasteiger partial charge in [0, 0.05) is 23.9 Å². The molecule has 1 aromatic carbocycles. The highest BCUT2D eigenvalue weighted by molar-refractivity contribution is 7.99. The van der Waals surface area contributed by atoms with Gasteiger partial charge in [0.15, 0.2) is 16.3 Å². The molecular formula is C12H13FN2OS2. The number of halogens is 1. The molecule has 18 heavy (non-hydrogen) atoms. The van der Waals surface area contributed by atoms with Crippen molar-refractivity contribution in [2.75, 3.05) is 18.6 Å². The van der Waals surface area contributed by atoms with Gasteiger partial charge in [-0.1, -0.05) is 0 Å². The van der Waals surface area contributed by atoms with Crippen LogP contribution in [0.2, 0.25) is 0 Å². The van der Waals surface area contributed by atoms with Crippen LogP contribution in [-0.4, -0.2) is 28.2 Å². The van der Waals surface area contributed by atoms with Crippen LogP contribution in [0.4, 0.5) is 4.39 Å². The van der Waals surface area contributed by atoms with Gasteiger partial charge >= 0.3 is 0 Å². The number of aromatic amines is 1. The van der Waals surface area contributed by atoms with Crippen LogP contribution in [0.3, 0.4) is 0 Å². The zero-order valence-electron chi connectivity index (χ0n) is 9.90. The van der Waals surface area contributed by atoms with Crippen LogP contribution in [-0.2, 0) is 0 Å². The van der Waals surface area contributed by atoms with Crippen LogP contribution in [0.5, 0.6) is 5.75 Å². The van der Waals surface area contributed by atoms with Gasteiger partial charge in [-0.15, -0.1) is 0 Å². The average Bonchev–Trinajstić information content (AvgIpc) is 2.94. The van der Waals surface area contributed by atoms with Crippen molar-refractivity contribution in [2.45, 2.75) is 12.5 Å². The summed E-state index contributed by atoms with van der Waals surface area (Å²) in [7, 11) is 1.47. The molecule has 1 saturated heterocycles. The molecule has 1 aromatic heterocycles. The van der Waals surface area contributed by atoms with Crippen molar-refractivity contribution >= 4 is 35.0 Å². The first-order chi connectivity index (χ1) is 8.70. The first-order valence-electron chi connectivity index (χ1n) is 5.76. The Morgan fingerprint density at radius 1 is 1.56 bits per heavy atom. The Labute approximate surface area is 113 Å². The highest BCUT2D eigenvalue weighted by Gasteiger charge is 2.21. The summed E-state index contributed by atoms with van der Waals surface area (Å²) in [6, 6.07) is 3.56. The Balaban J connectivity index is 2.23. The predicted octanol–water partition coefficient (Wildman–Crippen LogP) is 3.52. The molecule has 96 valence electrons. The lowest BCUT2D eigenvalue weighted by Crippen LogP contribution is -2.07. The fourth-order valence-electron chi connectivity index (χ4n) is 2.37. The van der Waals surface area contributed by atoms with Gasteiger partial charge in [-0.3, -0.25) is 0 Å². The lowest BCUT2D eigenvalue weighted by molar-refractivity contribution is 0.387. The van der Waals surface area contributed by atoms with Crippen LogP contribution in [0.25, 0.3) is 11.0 Å². The van der Waals surface area contributed by atoms with Crippen molar-refractivity contribution in [2.24, 2.45) is 0 Å². The van der Waals surface area contributed by atoms with Crippen LogP contribution in [0.1, 0.15) is 12.5 Å².